The summed E-state index contributed by atoms with van der Waals surface area (Å²) in [4.78, 5) is 0. The first-order valence-electron chi connectivity index (χ1n) is 5.88. The van der Waals surface area contributed by atoms with E-state index in [9.17, 15) is 0 Å². The molecule has 1 N–H and O–H groups in total. The Morgan fingerprint density at radius 3 is 2.60 bits per heavy atom. The van der Waals surface area contributed by atoms with Gasteiger partial charge in [0, 0.05) is 25.7 Å². The van der Waals surface area contributed by atoms with E-state index in [0.717, 1.165) is 45.8 Å². The quantitative estimate of drug-likeness (QED) is 0.736. The number of hydrogen-bond acceptors (Lipinski definition) is 4. The zero-order chi connectivity index (χ0) is 10.7. The van der Waals surface area contributed by atoms with Gasteiger partial charge in [-0.15, -0.1) is 0 Å². The minimum absolute atomic E-state index is 0.0300. The molecule has 0 aromatic heterocycles. The Kier molecular flexibility index (Phi) is 3.61. The third-order valence-electron chi connectivity index (χ3n) is 3.07. The molecule has 0 bridgehead atoms. The second kappa shape index (κ2) is 4.78. The summed E-state index contributed by atoms with van der Waals surface area (Å²) in [6, 6.07) is 0.562. The summed E-state index contributed by atoms with van der Waals surface area (Å²) in [5, 5.41) is 2.29. The fourth-order valence-corrected chi connectivity index (χ4v) is 2.29. The Morgan fingerprint density at radius 2 is 1.93 bits per heavy atom. The summed E-state index contributed by atoms with van der Waals surface area (Å²) in [6.07, 6.45) is 2.20. The fourth-order valence-electron chi connectivity index (χ4n) is 2.29. The van der Waals surface area contributed by atoms with E-state index < -0.39 is 0 Å². The summed E-state index contributed by atoms with van der Waals surface area (Å²) in [5.74, 6) is 0. The van der Waals surface area contributed by atoms with E-state index in [1.807, 2.05) is 0 Å². The van der Waals surface area contributed by atoms with Gasteiger partial charge in [0.05, 0.1) is 18.8 Å². The number of nitrogens with zero attached hydrogens (tertiary/aromatic N) is 1. The van der Waals surface area contributed by atoms with E-state index >= 15 is 0 Å². The number of rotatable bonds is 2. The molecule has 88 valence electrons. The van der Waals surface area contributed by atoms with Crippen LogP contribution in [0, 0.1) is 0 Å². The first kappa shape index (κ1) is 11.3. The van der Waals surface area contributed by atoms with Gasteiger partial charge in [0.25, 0.3) is 0 Å². The van der Waals surface area contributed by atoms with Gasteiger partial charge in [-0.25, -0.2) is 5.01 Å². The molecule has 0 amide bonds. The van der Waals surface area contributed by atoms with E-state index in [1.165, 1.54) is 0 Å². The van der Waals surface area contributed by atoms with Crippen LogP contribution in [-0.2, 0) is 9.47 Å². The van der Waals surface area contributed by atoms with Crippen LogP contribution in [0.25, 0.3) is 0 Å². The Hall–Kier alpha value is -0.160. The topological polar surface area (TPSA) is 33.7 Å². The molecule has 0 aromatic carbocycles. The van der Waals surface area contributed by atoms with Gasteiger partial charge in [-0.1, -0.05) is 0 Å². The third kappa shape index (κ3) is 3.41. The maximum Gasteiger partial charge on any atom is 0.0641 e. The lowest BCUT2D eigenvalue weighted by atomic mass is 9.94. The van der Waals surface area contributed by atoms with Crippen LogP contribution in [0.5, 0.6) is 0 Å². The summed E-state index contributed by atoms with van der Waals surface area (Å²) >= 11 is 0. The smallest absolute Gasteiger partial charge is 0.0641 e. The minimum atomic E-state index is 0.0300. The van der Waals surface area contributed by atoms with Crippen LogP contribution in [-0.4, -0.2) is 49.6 Å². The third-order valence-corrected chi connectivity index (χ3v) is 3.07. The lowest BCUT2D eigenvalue weighted by Gasteiger charge is -2.39. The van der Waals surface area contributed by atoms with Crippen molar-refractivity contribution in [3.05, 3.63) is 0 Å². The van der Waals surface area contributed by atoms with Gasteiger partial charge in [-0.2, -0.15) is 0 Å². The molecule has 0 saturated carbocycles. The van der Waals surface area contributed by atoms with Crippen molar-refractivity contribution >= 4 is 0 Å². The molecule has 2 aliphatic rings. The standard InChI is InChI=1S/C11H22N2O2/c1-11(2)9-10(3-6-15-11)12-13-4-7-14-8-5-13/h10,12H,3-9H2,1-2H3. The lowest BCUT2D eigenvalue weighted by Crippen LogP contribution is -2.53. The molecule has 2 rings (SSSR count). The molecular weight excluding hydrogens is 192 g/mol. The van der Waals surface area contributed by atoms with Gasteiger partial charge in [0.2, 0.25) is 0 Å². The molecule has 0 aliphatic carbocycles. The van der Waals surface area contributed by atoms with E-state index in [0.29, 0.717) is 6.04 Å². The molecule has 0 spiro atoms. The molecule has 2 fully saturated rings. The zero-order valence-corrected chi connectivity index (χ0v) is 9.79. The first-order valence-corrected chi connectivity index (χ1v) is 5.88. The maximum atomic E-state index is 5.70. The van der Waals surface area contributed by atoms with Gasteiger partial charge in [0.1, 0.15) is 0 Å². The number of hydrazine groups is 1. The highest BCUT2D eigenvalue weighted by Crippen LogP contribution is 2.24. The Labute approximate surface area is 91.9 Å². The Balaban J connectivity index is 1.78. The molecule has 2 saturated heterocycles. The summed E-state index contributed by atoms with van der Waals surface area (Å²) in [7, 11) is 0. The molecule has 1 atom stereocenters. The first-order chi connectivity index (χ1) is 7.16. The van der Waals surface area contributed by atoms with Crippen LogP contribution < -0.4 is 5.43 Å². The van der Waals surface area contributed by atoms with Crippen molar-refractivity contribution in [3.8, 4) is 0 Å². The van der Waals surface area contributed by atoms with E-state index in [4.69, 9.17) is 9.47 Å². The molecule has 4 heteroatoms. The SMILES string of the molecule is CC1(C)CC(NN2CCOCC2)CCO1. The predicted molar refractivity (Wildman–Crippen MR) is 58.6 cm³/mol. The Bertz CT molecular complexity index is 203. The van der Waals surface area contributed by atoms with Crippen LogP contribution in [0.4, 0.5) is 0 Å². The van der Waals surface area contributed by atoms with E-state index in [-0.39, 0.29) is 5.60 Å². The number of nitrogens with one attached hydrogen (secondary N) is 1. The van der Waals surface area contributed by atoms with Crippen LogP contribution in [0.15, 0.2) is 0 Å². The monoisotopic (exact) mass is 214 g/mol. The second-order valence-corrected chi connectivity index (χ2v) is 5.03. The average molecular weight is 214 g/mol. The van der Waals surface area contributed by atoms with E-state index in [1.54, 1.807) is 0 Å². The fraction of sp³-hybridized carbons (Fsp3) is 1.00. The van der Waals surface area contributed by atoms with Crippen molar-refractivity contribution in [2.24, 2.45) is 0 Å². The summed E-state index contributed by atoms with van der Waals surface area (Å²) in [6.45, 7) is 8.89. The highest BCUT2D eigenvalue weighted by molar-refractivity contribution is 4.82. The van der Waals surface area contributed by atoms with E-state index in [2.05, 4.69) is 24.3 Å². The molecule has 0 radical (unpaired) electrons. The van der Waals surface area contributed by atoms with Gasteiger partial charge in [0.15, 0.2) is 0 Å². The van der Waals surface area contributed by atoms with Crippen LogP contribution in [0.2, 0.25) is 0 Å². The maximum absolute atomic E-state index is 5.70. The largest absolute Gasteiger partial charge is 0.379 e. The predicted octanol–water partition coefficient (Wildman–Crippen LogP) is 0.781. The number of ether oxygens (including phenoxy) is 2. The van der Waals surface area contributed by atoms with Crippen molar-refractivity contribution in [1.29, 1.82) is 0 Å². The van der Waals surface area contributed by atoms with Crippen molar-refractivity contribution in [2.75, 3.05) is 32.9 Å². The van der Waals surface area contributed by atoms with Gasteiger partial charge >= 0.3 is 0 Å². The highest BCUT2D eigenvalue weighted by Gasteiger charge is 2.29. The second-order valence-electron chi connectivity index (χ2n) is 5.03. The van der Waals surface area contributed by atoms with Crippen LogP contribution in [0.3, 0.4) is 0 Å². The molecule has 2 heterocycles. The normalized spacial score (nSPS) is 32.8. The average Bonchev–Trinajstić information content (AvgIpc) is 2.17. The Morgan fingerprint density at radius 1 is 1.20 bits per heavy atom. The molecule has 2 aliphatic heterocycles. The summed E-state index contributed by atoms with van der Waals surface area (Å²) in [5.41, 5.74) is 3.62. The van der Waals surface area contributed by atoms with Crippen molar-refractivity contribution in [2.45, 2.75) is 38.3 Å². The molecule has 1 unspecified atom stereocenters. The zero-order valence-electron chi connectivity index (χ0n) is 9.79. The van der Waals surface area contributed by atoms with Crippen molar-refractivity contribution in [3.63, 3.8) is 0 Å². The highest BCUT2D eigenvalue weighted by atomic mass is 16.5. The van der Waals surface area contributed by atoms with Crippen molar-refractivity contribution in [1.82, 2.24) is 10.4 Å². The van der Waals surface area contributed by atoms with Gasteiger partial charge in [-0.05, 0) is 26.7 Å². The van der Waals surface area contributed by atoms with Crippen LogP contribution in [0.1, 0.15) is 26.7 Å². The molecule has 0 aromatic rings. The number of hydrogen-bond donors (Lipinski definition) is 1. The molecule has 4 nitrogen and oxygen atoms in total. The van der Waals surface area contributed by atoms with Crippen molar-refractivity contribution < 1.29 is 9.47 Å². The van der Waals surface area contributed by atoms with Crippen LogP contribution >= 0.6 is 0 Å². The lowest BCUT2D eigenvalue weighted by molar-refractivity contribution is -0.0804. The number of morpholine rings is 1. The molecule has 15 heavy (non-hydrogen) atoms. The van der Waals surface area contributed by atoms with Gasteiger partial charge < -0.3 is 9.47 Å². The van der Waals surface area contributed by atoms with Gasteiger partial charge in [-0.3, -0.25) is 5.43 Å². The minimum Gasteiger partial charge on any atom is -0.379 e. The molecular formula is C11H22N2O2. The summed E-state index contributed by atoms with van der Waals surface area (Å²) < 4.78 is 11.0.